The number of aliphatic hydroxyl groups is 1. The van der Waals surface area contributed by atoms with Crippen LogP contribution in [0.4, 0.5) is 5.69 Å². The summed E-state index contributed by atoms with van der Waals surface area (Å²) in [4.78, 5) is 15.9. The predicted molar refractivity (Wildman–Crippen MR) is 92.8 cm³/mol. The number of amides is 1. The Morgan fingerprint density at radius 3 is 2.67 bits per heavy atom. The van der Waals surface area contributed by atoms with E-state index in [0.717, 1.165) is 44.8 Å². The van der Waals surface area contributed by atoms with Crippen molar-refractivity contribution in [2.45, 2.75) is 32.0 Å². The Morgan fingerprint density at radius 1 is 1.21 bits per heavy atom. The summed E-state index contributed by atoms with van der Waals surface area (Å²) >= 11 is 0. The maximum absolute atomic E-state index is 11.1. The summed E-state index contributed by atoms with van der Waals surface area (Å²) in [5.74, 6) is -0.0477. The first-order valence-electron chi connectivity index (χ1n) is 8.70. The van der Waals surface area contributed by atoms with E-state index in [1.54, 1.807) is 0 Å². The molecule has 2 fully saturated rings. The van der Waals surface area contributed by atoms with Crippen LogP contribution in [-0.4, -0.2) is 72.4 Å². The first kappa shape index (κ1) is 17.4. The van der Waals surface area contributed by atoms with Crippen molar-refractivity contribution in [1.29, 1.82) is 0 Å². The predicted octanol–water partition coefficient (Wildman–Crippen LogP) is 0.912. The molecule has 2 heterocycles. The second-order valence-corrected chi connectivity index (χ2v) is 6.72. The number of aliphatic hydroxyl groups excluding tert-OH is 1. The SMILES string of the molecule is CC(=O)Nc1ccc(CN2CCCN([C@H]3COC[C@@H]3O)CC2)cc1. The van der Waals surface area contributed by atoms with Crippen LogP contribution >= 0.6 is 0 Å². The molecular weight excluding hydrogens is 306 g/mol. The first-order chi connectivity index (χ1) is 11.6. The Bertz CT molecular complexity index is 549. The number of carbonyl (C=O) groups is 1. The summed E-state index contributed by atoms with van der Waals surface area (Å²) in [5.41, 5.74) is 2.09. The van der Waals surface area contributed by atoms with Gasteiger partial charge in [-0.1, -0.05) is 12.1 Å². The zero-order valence-electron chi connectivity index (χ0n) is 14.3. The van der Waals surface area contributed by atoms with Crippen molar-refractivity contribution in [3.8, 4) is 0 Å². The van der Waals surface area contributed by atoms with Gasteiger partial charge in [-0.05, 0) is 37.2 Å². The van der Waals surface area contributed by atoms with E-state index in [0.29, 0.717) is 13.2 Å². The van der Waals surface area contributed by atoms with Gasteiger partial charge in [0.1, 0.15) is 0 Å². The fraction of sp³-hybridized carbons (Fsp3) is 0.611. The van der Waals surface area contributed by atoms with Gasteiger partial charge >= 0.3 is 0 Å². The molecule has 0 spiro atoms. The van der Waals surface area contributed by atoms with Crippen LogP contribution in [0.1, 0.15) is 18.9 Å². The number of benzene rings is 1. The van der Waals surface area contributed by atoms with Crippen LogP contribution in [0.2, 0.25) is 0 Å². The molecule has 6 heteroatoms. The van der Waals surface area contributed by atoms with E-state index in [-0.39, 0.29) is 18.1 Å². The number of carbonyl (C=O) groups excluding carboxylic acids is 1. The minimum absolute atomic E-state index is 0.0477. The largest absolute Gasteiger partial charge is 0.389 e. The molecular formula is C18H27N3O3. The van der Waals surface area contributed by atoms with Crippen LogP contribution in [0.15, 0.2) is 24.3 Å². The molecule has 6 nitrogen and oxygen atoms in total. The Balaban J connectivity index is 1.52. The number of hydrogen-bond acceptors (Lipinski definition) is 5. The van der Waals surface area contributed by atoms with Gasteiger partial charge in [0, 0.05) is 32.2 Å². The number of hydrogen-bond donors (Lipinski definition) is 2. The molecule has 0 bridgehead atoms. The summed E-state index contributed by atoms with van der Waals surface area (Å²) in [7, 11) is 0. The second-order valence-electron chi connectivity index (χ2n) is 6.72. The molecule has 3 rings (SSSR count). The van der Waals surface area contributed by atoms with Gasteiger partial charge in [0.15, 0.2) is 0 Å². The van der Waals surface area contributed by atoms with E-state index < -0.39 is 0 Å². The third-order valence-electron chi connectivity index (χ3n) is 4.79. The minimum atomic E-state index is -0.349. The third kappa shape index (κ3) is 4.54. The summed E-state index contributed by atoms with van der Waals surface area (Å²) < 4.78 is 5.39. The van der Waals surface area contributed by atoms with Crippen molar-refractivity contribution in [2.75, 3.05) is 44.7 Å². The van der Waals surface area contributed by atoms with Gasteiger partial charge in [-0.15, -0.1) is 0 Å². The molecule has 2 atom stereocenters. The van der Waals surface area contributed by atoms with Crippen LogP contribution in [0.5, 0.6) is 0 Å². The van der Waals surface area contributed by atoms with E-state index in [2.05, 4.69) is 27.2 Å². The molecule has 2 N–H and O–H groups in total. The molecule has 1 amide bonds. The maximum atomic E-state index is 11.1. The lowest BCUT2D eigenvalue weighted by Gasteiger charge is -2.28. The van der Waals surface area contributed by atoms with Crippen LogP contribution < -0.4 is 5.32 Å². The average Bonchev–Trinajstić information content (AvgIpc) is 2.84. The fourth-order valence-corrected chi connectivity index (χ4v) is 3.52. The van der Waals surface area contributed by atoms with E-state index in [9.17, 15) is 9.90 Å². The van der Waals surface area contributed by atoms with Gasteiger partial charge in [0.05, 0.1) is 25.4 Å². The maximum Gasteiger partial charge on any atom is 0.221 e. The van der Waals surface area contributed by atoms with E-state index in [4.69, 9.17) is 4.74 Å². The van der Waals surface area contributed by atoms with Gasteiger partial charge in [0.25, 0.3) is 0 Å². The molecule has 0 aromatic heterocycles. The van der Waals surface area contributed by atoms with Crippen molar-refractivity contribution in [3.63, 3.8) is 0 Å². The molecule has 24 heavy (non-hydrogen) atoms. The summed E-state index contributed by atoms with van der Waals surface area (Å²) in [6.07, 6.45) is 0.755. The molecule has 2 aliphatic heterocycles. The number of rotatable bonds is 4. The Hall–Kier alpha value is -1.47. The highest BCUT2D eigenvalue weighted by Gasteiger charge is 2.32. The topological polar surface area (TPSA) is 65.0 Å². The molecule has 0 radical (unpaired) electrons. The molecule has 1 aromatic carbocycles. The number of nitrogens with zero attached hydrogens (tertiary/aromatic N) is 2. The normalized spacial score (nSPS) is 26.2. The molecule has 1 aromatic rings. The molecule has 0 aliphatic carbocycles. The average molecular weight is 333 g/mol. The minimum Gasteiger partial charge on any atom is -0.389 e. The zero-order valence-corrected chi connectivity index (χ0v) is 14.3. The Kier molecular flexibility index (Phi) is 5.84. The Morgan fingerprint density at radius 2 is 2.00 bits per heavy atom. The third-order valence-corrected chi connectivity index (χ3v) is 4.79. The van der Waals surface area contributed by atoms with Crippen molar-refractivity contribution in [1.82, 2.24) is 9.80 Å². The first-order valence-corrected chi connectivity index (χ1v) is 8.70. The molecule has 0 unspecified atom stereocenters. The highest BCUT2D eigenvalue weighted by Crippen LogP contribution is 2.17. The highest BCUT2D eigenvalue weighted by atomic mass is 16.5. The lowest BCUT2D eigenvalue weighted by molar-refractivity contribution is -0.114. The van der Waals surface area contributed by atoms with Crippen LogP contribution in [0, 0.1) is 0 Å². The van der Waals surface area contributed by atoms with Gasteiger partial charge in [-0.25, -0.2) is 0 Å². The monoisotopic (exact) mass is 333 g/mol. The van der Waals surface area contributed by atoms with E-state index >= 15 is 0 Å². The summed E-state index contributed by atoms with van der Waals surface area (Å²) in [6, 6.07) is 8.20. The zero-order chi connectivity index (χ0) is 16.9. The van der Waals surface area contributed by atoms with Gasteiger partial charge in [-0.3, -0.25) is 14.6 Å². The van der Waals surface area contributed by atoms with Crippen molar-refractivity contribution in [3.05, 3.63) is 29.8 Å². The van der Waals surface area contributed by atoms with Crippen LogP contribution in [0.3, 0.4) is 0 Å². The molecule has 132 valence electrons. The number of anilines is 1. The van der Waals surface area contributed by atoms with Gasteiger partial charge in [0.2, 0.25) is 5.91 Å². The standard InChI is InChI=1S/C18H27N3O3/c1-14(22)19-16-5-3-15(4-6-16)11-20-7-2-8-21(10-9-20)17-12-24-13-18(17)23/h3-6,17-18,23H,2,7-13H2,1H3,(H,19,22)/t17-,18-/m0/s1. The van der Waals surface area contributed by atoms with Gasteiger partial charge in [-0.2, -0.15) is 0 Å². The van der Waals surface area contributed by atoms with Crippen molar-refractivity contribution in [2.24, 2.45) is 0 Å². The van der Waals surface area contributed by atoms with Crippen molar-refractivity contribution >= 4 is 11.6 Å². The van der Waals surface area contributed by atoms with Gasteiger partial charge < -0.3 is 15.2 Å². The fourth-order valence-electron chi connectivity index (χ4n) is 3.52. The van der Waals surface area contributed by atoms with Crippen molar-refractivity contribution < 1.29 is 14.6 Å². The highest BCUT2D eigenvalue weighted by molar-refractivity contribution is 5.88. The van der Waals surface area contributed by atoms with Crippen LogP contribution in [-0.2, 0) is 16.1 Å². The number of ether oxygens (including phenoxy) is 1. The second kappa shape index (κ2) is 8.07. The summed E-state index contributed by atoms with van der Waals surface area (Å²) in [6.45, 7) is 7.58. The summed E-state index contributed by atoms with van der Waals surface area (Å²) in [5, 5.41) is 12.8. The van der Waals surface area contributed by atoms with Crippen LogP contribution in [0.25, 0.3) is 0 Å². The quantitative estimate of drug-likeness (QED) is 0.858. The Labute approximate surface area is 143 Å². The lowest BCUT2D eigenvalue weighted by atomic mass is 10.2. The molecule has 2 saturated heterocycles. The van der Waals surface area contributed by atoms with E-state index in [1.807, 2.05) is 12.1 Å². The molecule has 0 saturated carbocycles. The van der Waals surface area contributed by atoms with E-state index in [1.165, 1.54) is 12.5 Å². The smallest absolute Gasteiger partial charge is 0.221 e. The molecule has 2 aliphatic rings. The lowest BCUT2D eigenvalue weighted by Crippen LogP contribution is -2.44. The number of nitrogens with one attached hydrogen (secondary N) is 1.